The van der Waals surface area contributed by atoms with Crippen molar-refractivity contribution >= 4 is 17.4 Å². The predicted molar refractivity (Wildman–Crippen MR) is 92.4 cm³/mol. The fraction of sp³-hybridized carbons (Fsp3) is 0.167. The molecule has 0 radical (unpaired) electrons. The second-order valence-corrected chi connectivity index (χ2v) is 6.40. The van der Waals surface area contributed by atoms with Crippen molar-refractivity contribution in [1.82, 2.24) is 10.6 Å². The lowest BCUT2D eigenvalue weighted by Gasteiger charge is -2.07. The summed E-state index contributed by atoms with van der Waals surface area (Å²) in [5, 5.41) is 5.56. The number of thiophene rings is 1. The minimum absolute atomic E-state index is 0.234. The van der Waals surface area contributed by atoms with Crippen molar-refractivity contribution in [3.8, 4) is 10.6 Å². The van der Waals surface area contributed by atoms with Gasteiger partial charge in [-0.15, -0.1) is 11.3 Å². The lowest BCUT2D eigenvalue weighted by Crippen LogP contribution is -2.36. The molecule has 3 rings (SSSR count). The number of nitrogens with one attached hydrogen (secondary N) is 2. The Hall–Kier alpha value is -2.60. The number of carbonyl (C=O) groups excluding carboxylic acids is 1. The number of furan rings is 1. The van der Waals surface area contributed by atoms with Crippen molar-refractivity contribution in [1.29, 1.82) is 0 Å². The summed E-state index contributed by atoms with van der Waals surface area (Å²) in [6.07, 6.45) is 2.41. The van der Waals surface area contributed by atoms with Crippen molar-refractivity contribution < 1.29 is 13.6 Å². The monoisotopic (exact) mass is 344 g/mol. The molecular formula is C18H17FN2O2S. The molecule has 0 aliphatic rings. The van der Waals surface area contributed by atoms with E-state index in [-0.39, 0.29) is 11.8 Å². The molecule has 0 bridgehead atoms. The van der Waals surface area contributed by atoms with Crippen LogP contribution in [0, 0.1) is 5.82 Å². The molecule has 2 amide bonds. The molecule has 0 aliphatic heterocycles. The summed E-state index contributed by atoms with van der Waals surface area (Å²) >= 11 is 1.65. The van der Waals surface area contributed by atoms with Gasteiger partial charge in [0.15, 0.2) is 0 Å². The van der Waals surface area contributed by atoms with Gasteiger partial charge in [0.05, 0.1) is 11.1 Å². The number of hydrogen-bond donors (Lipinski definition) is 2. The summed E-state index contributed by atoms with van der Waals surface area (Å²) in [5.41, 5.74) is 0.855. The Morgan fingerprint density at radius 3 is 2.67 bits per heavy atom. The Morgan fingerprint density at radius 1 is 1.08 bits per heavy atom. The molecule has 124 valence electrons. The van der Waals surface area contributed by atoms with Crippen molar-refractivity contribution in [3.63, 3.8) is 0 Å². The van der Waals surface area contributed by atoms with Gasteiger partial charge in [0.1, 0.15) is 11.6 Å². The number of urea groups is 1. The average Bonchev–Trinajstić information content (AvgIpc) is 3.25. The van der Waals surface area contributed by atoms with Gasteiger partial charge in [0.25, 0.3) is 0 Å². The van der Waals surface area contributed by atoms with Crippen LogP contribution in [0.4, 0.5) is 9.18 Å². The first kappa shape index (κ1) is 16.3. The zero-order valence-electron chi connectivity index (χ0n) is 12.9. The summed E-state index contributed by atoms with van der Waals surface area (Å²) in [7, 11) is 0. The predicted octanol–water partition coefficient (Wildman–Crippen LogP) is 4.19. The molecule has 0 saturated heterocycles. The van der Waals surface area contributed by atoms with Crippen LogP contribution in [0.2, 0.25) is 0 Å². The third-order valence-electron chi connectivity index (χ3n) is 3.45. The van der Waals surface area contributed by atoms with E-state index in [4.69, 9.17) is 4.42 Å². The first-order chi connectivity index (χ1) is 11.7. The maximum absolute atomic E-state index is 12.8. The minimum atomic E-state index is -0.284. The van der Waals surface area contributed by atoms with Crippen LogP contribution in [0.15, 0.2) is 59.2 Å². The molecule has 0 fully saturated rings. The number of amides is 2. The number of rotatable bonds is 6. The first-order valence-corrected chi connectivity index (χ1v) is 8.41. The lowest BCUT2D eigenvalue weighted by atomic mass is 10.2. The van der Waals surface area contributed by atoms with Gasteiger partial charge in [-0.1, -0.05) is 12.1 Å². The van der Waals surface area contributed by atoms with Crippen LogP contribution in [-0.2, 0) is 13.0 Å². The summed E-state index contributed by atoms with van der Waals surface area (Å²) in [6.45, 7) is 0.918. The van der Waals surface area contributed by atoms with Crippen LogP contribution in [0.3, 0.4) is 0 Å². The molecule has 24 heavy (non-hydrogen) atoms. The molecule has 0 saturated carbocycles. The zero-order chi connectivity index (χ0) is 16.8. The molecular weight excluding hydrogens is 327 g/mol. The minimum Gasteiger partial charge on any atom is -0.464 e. The molecule has 0 unspecified atom stereocenters. The van der Waals surface area contributed by atoms with Crippen LogP contribution in [0.1, 0.15) is 10.4 Å². The molecule has 0 aliphatic carbocycles. The molecule has 4 nitrogen and oxygen atoms in total. The highest BCUT2D eigenvalue weighted by atomic mass is 32.1. The average molecular weight is 344 g/mol. The summed E-state index contributed by atoms with van der Waals surface area (Å²) in [5.74, 6) is 0.573. The fourth-order valence-corrected chi connectivity index (χ4v) is 3.19. The zero-order valence-corrected chi connectivity index (χ0v) is 13.7. The van der Waals surface area contributed by atoms with Gasteiger partial charge in [0, 0.05) is 18.0 Å². The summed E-state index contributed by atoms with van der Waals surface area (Å²) in [6, 6.07) is 13.7. The molecule has 1 aromatic carbocycles. The van der Waals surface area contributed by atoms with Gasteiger partial charge >= 0.3 is 6.03 Å². The summed E-state index contributed by atoms with van der Waals surface area (Å²) in [4.78, 5) is 14.0. The largest absolute Gasteiger partial charge is 0.464 e. The molecule has 2 N–H and O–H groups in total. The Labute approximate surface area is 143 Å². The van der Waals surface area contributed by atoms with E-state index in [9.17, 15) is 9.18 Å². The van der Waals surface area contributed by atoms with Crippen molar-refractivity contribution in [3.05, 3.63) is 71.1 Å². The van der Waals surface area contributed by atoms with E-state index >= 15 is 0 Å². The Balaban J connectivity index is 1.40. The third-order valence-corrected chi connectivity index (χ3v) is 4.61. The quantitative estimate of drug-likeness (QED) is 0.704. The van der Waals surface area contributed by atoms with E-state index in [2.05, 4.69) is 10.6 Å². The second-order valence-electron chi connectivity index (χ2n) is 5.23. The van der Waals surface area contributed by atoms with Crippen LogP contribution in [0.25, 0.3) is 10.6 Å². The van der Waals surface area contributed by atoms with Crippen LogP contribution < -0.4 is 10.6 Å². The van der Waals surface area contributed by atoms with Gasteiger partial charge in [-0.3, -0.25) is 0 Å². The van der Waals surface area contributed by atoms with Gasteiger partial charge in [-0.25, -0.2) is 9.18 Å². The Bertz CT molecular complexity index is 782. The van der Waals surface area contributed by atoms with Crippen LogP contribution in [-0.4, -0.2) is 12.6 Å². The molecule has 2 aromatic heterocycles. The fourth-order valence-electron chi connectivity index (χ4n) is 2.21. The maximum atomic E-state index is 12.8. The van der Waals surface area contributed by atoms with Crippen LogP contribution in [0.5, 0.6) is 0 Å². The molecule has 3 aromatic rings. The van der Waals surface area contributed by atoms with Crippen molar-refractivity contribution in [2.75, 3.05) is 6.54 Å². The Kier molecular flexibility index (Phi) is 5.28. The van der Waals surface area contributed by atoms with E-state index in [1.807, 2.05) is 24.3 Å². The van der Waals surface area contributed by atoms with Gasteiger partial charge < -0.3 is 15.1 Å². The standard InChI is InChI=1S/C18H17FN2O2S/c19-14-5-3-13(4-6-14)12-21-18(22)20-10-9-15-7-8-17(24-15)16-2-1-11-23-16/h1-8,11H,9-10,12H2,(H2,20,21,22). The van der Waals surface area contributed by atoms with Gasteiger partial charge in [-0.2, -0.15) is 0 Å². The number of hydrogen-bond acceptors (Lipinski definition) is 3. The SMILES string of the molecule is O=C(NCCc1ccc(-c2ccco2)s1)NCc1ccc(F)cc1. The first-order valence-electron chi connectivity index (χ1n) is 7.59. The Morgan fingerprint density at radius 2 is 1.92 bits per heavy atom. The number of benzene rings is 1. The highest BCUT2D eigenvalue weighted by molar-refractivity contribution is 7.15. The van der Waals surface area contributed by atoms with Gasteiger partial charge in [-0.05, 0) is 48.4 Å². The normalized spacial score (nSPS) is 10.5. The van der Waals surface area contributed by atoms with E-state index in [1.54, 1.807) is 29.7 Å². The molecule has 2 heterocycles. The maximum Gasteiger partial charge on any atom is 0.315 e. The molecule has 0 spiro atoms. The van der Waals surface area contributed by atoms with E-state index in [0.717, 1.165) is 22.6 Å². The number of carbonyl (C=O) groups is 1. The summed E-state index contributed by atoms with van der Waals surface area (Å²) < 4.78 is 18.2. The molecule has 6 heteroatoms. The number of halogens is 1. The topological polar surface area (TPSA) is 54.3 Å². The molecule has 0 atom stereocenters. The van der Waals surface area contributed by atoms with E-state index < -0.39 is 0 Å². The van der Waals surface area contributed by atoms with E-state index in [0.29, 0.717) is 13.1 Å². The second kappa shape index (κ2) is 7.79. The lowest BCUT2D eigenvalue weighted by molar-refractivity contribution is 0.240. The van der Waals surface area contributed by atoms with Crippen LogP contribution >= 0.6 is 11.3 Å². The highest BCUT2D eigenvalue weighted by Crippen LogP contribution is 2.28. The van der Waals surface area contributed by atoms with Gasteiger partial charge in [0.2, 0.25) is 0 Å². The highest BCUT2D eigenvalue weighted by Gasteiger charge is 2.06. The van der Waals surface area contributed by atoms with Crippen molar-refractivity contribution in [2.24, 2.45) is 0 Å². The third kappa shape index (κ3) is 4.45. The van der Waals surface area contributed by atoms with Crippen molar-refractivity contribution in [2.45, 2.75) is 13.0 Å². The van der Waals surface area contributed by atoms with E-state index in [1.165, 1.54) is 17.0 Å². The smallest absolute Gasteiger partial charge is 0.315 e.